The first-order chi connectivity index (χ1) is 13.6. The maximum Gasteiger partial charge on any atom is 0.309 e. The monoisotopic (exact) mass is 420 g/mol. The summed E-state index contributed by atoms with van der Waals surface area (Å²) in [6, 6.07) is 4.07. The lowest BCUT2D eigenvalue weighted by molar-refractivity contribution is -0.149. The van der Waals surface area contributed by atoms with E-state index in [1.54, 1.807) is 15.9 Å². The number of thiophene rings is 1. The van der Waals surface area contributed by atoms with Gasteiger partial charge in [-0.1, -0.05) is 24.3 Å². The van der Waals surface area contributed by atoms with Crippen LogP contribution in [0.1, 0.15) is 48.3 Å². The number of carbonyl (C=O) groups is 1. The van der Waals surface area contributed by atoms with Gasteiger partial charge in [0.2, 0.25) is 10.8 Å². The van der Waals surface area contributed by atoms with Crippen LogP contribution in [0.5, 0.6) is 5.88 Å². The van der Waals surface area contributed by atoms with Crippen LogP contribution in [0.2, 0.25) is 0 Å². The fraction of sp³-hybridized carbons (Fsp3) is 0.526. The SMILES string of the molecule is CCOC(=O)C1CCN([C@H](c2cccs2)c2sc3nc(CC)nn3c2O)CC1. The van der Waals surface area contributed by atoms with E-state index in [0.29, 0.717) is 11.6 Å². The lowest BCUT2D eigenvalue weighted by Gasteiger charge is -2.36. The zero-order chi connectivity index (χ0) is 19.7. The molecule has 0 saturated carbocycles. The van der Waals surface area contributed by atoms with Crippen LogP contribution in [-0.4, -0.2) is 50.3 Å². The molecule has 0 radical (unpaired) electrons. The number of hydrogen-bond donors (Lipinski definition) is 1. The van der Waals surface area contributed by atoms with Crippen molar-refractivity contribution in [2.75, 3.05) is 19.7 Å². The van der Waals surface area contributed by atoms with Gasteiger partial charge < -0.3 is 9.84 Å². The van der Waals surface area contributed by atoms with Gasteiger partial charge in [-0.25, -0.2) is 4.98 Å². The van der Waals surface area contributed by atoms with Gasteiger partial charge in [-0.2, -0.15) is 4.52 Å². The minimum absolute atomic E-state index is 0.0387. The fourth-order valence-corrected chi connectivity index (χ4v) is 5.76. The van der Waals surface area contributed by atoms with E-state index < -0.39 is 0 Å². The maximum absolute atomic E-state index is 12.1. The molecule has 7 nitrogen and oxygen atoms in total. The summed E-state index contributed by atoms with van der Waals surface area (Å²) < 4.78 is 6.74. The van der Waals surface area contributed by atoms with E-state index in [9.17, 15) is 9.90 Å². The van der Waals surface area contributed by atoms with Crippen molar-refractivity contribution in [3.8, 4) is 5.88 Å². The highest BCUT2D eigenvalue weighted by atomic mass is 32.1. The molecule has 1 fully saturated rings. The molecule has 1 aliphatic heterocycles. The molecule has 28 heavy (non-hydrogen) atoms. The van der Waals surface area contributed by atoms with Crippen molar-refractivity contribution in [2.24, 2.45) is 5.92 Å². The summed E-state index contributed by atoms with van der Waals surface area (Å²) in [7, 11) is 0. The Balaban J connectivity index is 1.62. The van der Waals surface area contributed by atoms with Crippen LogP contribution in [0.4, 0.5) is 0 Å². The van der Waals surface area contributed by atoms with Crippen LogP contribution in [-0.2, 0) is 16.0 Å². The van der Waals surface area contributed by atoms with Gasteiger partial charge in [-0.05, 0) is 44.3 Å². The minimum Gasteiger partial charge on any atom is -0.492 e. The number of esters is 1. The first-order valence-electron chi connectivity index (χ1n) is 9.63. The second kappa shape index (κ2) is 8.18. The Morgan fingerprint density at radius 2 is 2.18 bits per heavy atom. The molecule has 0 unspecified atom stereocenters. The van der Waals surface area contributed by atoms with Gasteiger partial charge in [-0.3, -0.25) is 9.69 Å². The fourth-order valence-electron chi connectivity index (χ4n) is 3.69. The van der Waals surface area contributed by atoms with Crippen molar-refractivity contribution in [1.82, 2.24) is 19.5 Å². The number of hydrogen-bond acceptors (Lipinski definition) is 8. The predicted molar refractivity (Wildman–Crippen MR) is 109 cm³/mol. The number of ether oxygens (including phenoxy) is 1. The number of fused-ring (bicyclic) bond motifs is 1. The summed E-state index contributed by atoms with van der Waals surface area (Å²) in [6.45, 7) is 5.82. The standard InChI is InChI=1S/C19H24N4O3S2/c1-3-14-20-19-23(21-14)17(24)16(28-19)15(13-6-5-11-27-13)22-9-7-12(8-10-22)18(25)26-4-2/h5-6,11-12,15,24H,3-4,7-10H2,1-2H3/t15-/m1/s1. The molecule has 0 spiro atoms. The third-order valence-corrected chi connectivity index (χ3v) is 7.13. The number of nitrogens with zero attached hydrogens (tertiary/aromatic N) is 4. The van der Waals surface area contributed by atoms with Crippen molar-refractivity contribution in [3.05, 3.63) is 33.1 Å². The van der Waals surface area contributed by atoms with Crippen molar-refractivity contribution < 1.29 is 14.6 Å². The number of aromatic hydroxyl groups is 1. The summed E-state index contributed by atoms with van der Waals surface area (Å²) >= 11 is 3.16. The van der Waals surface area contributed by atoms with Gasteiger partial charge in [0.15, 0.2) is 5.82 Å². The minimum atomic E-state index is -0.0939. The summed E-state index contributed by atoms with van der Waals surface area (Å²) in [5.41, 5.74) is 0. The topological polar surface area (TPSA) is 80.0 Å². The van der Waals surface area contributed by atoms with Crippen molar-refractivity contribution in [2.45, 2.75) is 39.2 Å². The second-order valence-electron chi connectivity index (χ2n) is 6.85. The molecule has 1 saturated heterocycles. The molecule has 1 atom stereocenters. The van der Waals surface area contributed by atoms with Crippen LogP contribution in [0.15, 0.2) is 17.5 Å². The van der Waals surface area contributed by atoms with Crippen LogP contribution in [0.3, 0.4) is 0 Å². The molecule has 3 aromatic rings. The van der Waals surface area contributed by atoms with E-state index in [-0.39, 0.29) is 23.8 Å². The number of aromatic nitrogens is 3. The number of aryl methyl sites for hydroxylation is 1. The highest BCUT2D eigenvalue weighted by Gasteiger charge is 2.34. The van der Waals surface area contributed by atoms with E-state index >= 15 is 0 Å². The Bertz CT molecular complexity index is 942. The first kappa shape index (κ1) is 19.4. The number of piperidine rings is 1. The van der Waals surface area contributed by atoms with E-state index in [0.717, 1.165) is 43.1 Å². The number of likely N-dealkylation sites (tertiary alicyclic amines) is 1. The van der Waals surface area contributed by atoms with Crippen molar-refractivity contribution in [1.29, 1.82) is 0 Å². The van der Waals surface area contributed by atoms with Gasteiger partial charge in [0, 0.05) is 11.3 Å². The molecule has 0 bridgehead atoms. The summed E-state index contributed by atoms with van der Waals surface area (Å²) in [4.78, 5) is 21.7. The van der Waals surface area contributed by atoms with E-state index in [1.165, 1.54) is 16.2 Å². The lowest BCUT2D eigenvalue weighted by Crippen LogP contribution is -2.39. The molecular formula is C19H24N4O3S2. The summed E-state index contributed by atoms with van der Waals surface area (Å²) in [5, 5.41) is 17.3. The van der Waals surface area contributed by atoms with Gasteiger partial charge in [0.25, 0.3) is 0 Å². The summed E-state index contributed by atoms with van der Waals surface area (Å²) in [5.74, 6) is 0.765. The predicted octanol–water partition coefficient (Wildman–Crippen LogP) is 3.48. The Morgan fingerprint density at radius 3 is 2.79 bits per heavy atom. The average molecular weight is 421 g/mol. The Kier molecular flexibility index (Phi) is 5.65. The third-order valence-electron chi connectivity index (χ3n) is 5.14. The van der Waals surface area contributed by atoms with E-state index in [2.05, 4.69) is 26.4 Å². The lowest BCUT2D eigenvalue weighted by atomic mass is 9.95. The third kappa shape index (κ3) is 3.54. The van der Waals surface area contributed by atoms with Crippen LogP contribution >= 0.6 is 22.7 Å². The van der Waals surface area contributed by atoms with Crippen LogP contribution < -0.4 is 0 Å². The second-order valence-corrected chi connectivity index (χ2v) is 8.83. The zero-order valence-corrected chi connectivity index (χ0v) is 17.6. The molecule has 3 aromatic heterocycles. The van der Waals surface area contributed by atoms with Gasteiger partial charge in [0.05, 0.1) is 23.4 Å². The first-order valence-corrected chi connectivity index (χ1v) is 11.3. The Morgan fingerprint density at radius 1 is 1.39 bits per heavy atom. The molecule has 4 heterocycles. The molecule has 0 amide bonds. The quantitative estimate of drug-likeness (QED) is 0.615. The molecule has 150 valence electrons. The molecule has 9 heteroatoms. The van der Waals surface area contributed by atoms with Crippen LogP contribution in [0, 0.1) is 5.92 Å². The Hall–Kier alpha value is -1.97. The number of carbonyl (C=O) groups excluding carboxylic acids is 1. The summed E-state index contributed by atoms with van der Waals surface area (Å²) in [6.07, 6.45) is 2.27. The molecule has 0 aliphatic carbocycles. The zero-order valence-electron chi connectivity index (χ0n) is 16.0. The van der Waals surface area contributed by atoms with Gasteiger partial charge in [0.1, 0.15) is 0 Å². The number of rotatable bonds is 6. The molecule has 0 aromatic carbocycles. The normalized spacial score (nSPS) is 17.2. The van der Waals surface area contributed by atoms with Gasteiger partial charge in [-0.15, -0.1) is 16.4 Å². The van der Waals surface area contributed by atoms with Crippen LogP contribution in [0.25, 0.3) is 4.96 Å². The smallest absolute Gasteiger partial charge is 0.309 e. The number of thiazole rings is 1. The average Bonchev–Trinajstić information content (AvgIpc) is 3.42. The molecule has 4 rings (SSSR count). The molecule has 1 aliphatic rings. The largest absolute Gasteiger partial charge is 0.492 e. The van der Waals surface area contributed by atoms with E-state index in [4.69, 9.17) is 4.74 Å². The molecule has 1 N–H and O–H groups in total. The van der Waals surface area contributed by atoms with Gasteiger partial charge >= 0.3 is 5.97 Å². The van der Waals surface area contributed by atoms with E-state index in [1.807, 2.05) is 19.9 Å². The highest BCUT2D eigenvalue weighted by Crippen LogP contribution is 2.42. The Labute approximate surface area is 171 Å². The van der Waals surface area contributed by atoms with Crippen molar-refractivity contribution >= 4 is 33.6 Å². The maximum atomic E-state index is 12.1. The highest BCUT2D eigenvalue weighted by molar-refractivity contribution is 7.17. The van der Waals surface area contributed by atoms with Crippen molar-refractivity contribution in [3.63, 3.8) is 0 Å². The molecular weight excluding hydrogens is 396 g/mol.